The number of amides is 1. The monoisotopic (exact) mass is 810 g/mol. The number of carbonyl (C=O) groups is 2. The van der Waals surface area contributed by atoms with Gasteiger partial charge in [-0.25, -0.2) is 0 Å². The molecule has 3 saturated carbocycles. The molecule has 1 amide bonds. The summed E-state index contributed by atoms with van der Waals surface area (Å²) in [4.78, 5) is 28.0. The highest BCUT2D eigenvalue weighted by molar-refractivity contribution is 5.82. The molecule has 2 aromatic rings. The molecular weight excluding hydrogens is 739 g/mol. The van der Waals surface area contributed by atoms with Crippen molar-refractivity contribution in [2.45, 2.75) is 162 Å². The minimum atomic E-state index is -0.807. The molecule has 0 aromatic heterocycles. The summed E-state index contributed by atoms with van der Waals surface area (Å²) in [5.41, 5.74) is 4.24. The SMILES string of the molecule is CC(=O)N1CC(=O)O[C@H]2[C@H](OCc3ccccc3)[C@@H](COCc3ccccc3)O[C@@H](O[C@H]3CC[C@@]4(C)C(=CC[C@H]5[C@@H]6CC[C@H]([C@H](C)CCCC(C)C)[C@@]6(C)CC[C@@H]54)C3)[C@@H]21. The largest absolute Gasteiger partial charge is 0.456 e. The zero-order valence-corrected chi connectivity index (χ0v) is 36.7. The summed E-state index contributed by atoms with van der Waals surface area (Å²) < 4.78 is 33.0. The Balaban J connectivity index is 0.991. The Morgan fingerprint density at radius 1 is 0.898 bits per heavy atom. The van der Waals surface area contributed by atoms with Crippen molar-refractivity contribution in [1.29, 1.82) is 0 Å². The Bertz CT molecular complexity index is 1770. The van der Waals surface area contributed by atoms with Crippen LogP contribution in [0.5, 0.6) is 0 Å². The first kappa shape index (κ1) is 42.6. The molecular formula is C51H71NO7. The van der Waals surface area contributed by atoms with Gasteiger partial charge in [-0.3, -0.25) is 9.59 Å². The summed E-state index contributed by atoms with van der Waals surface area (Å²) in [7, 11) is 0. The summed E-state index contributed by atoms with van der Waals surface area (Å²) in [6.45, 7) is 14.8. The van der Waals surface area contributed by atoms with Gasteiger partial charge in [-0.2, -0.15) is 0 Å². The Kier molecular flexibility index (Phi) is 13.1. The van der Waals surface area contributed by atoms with Crippen molar-refractivity contribution in [2.24, 2.45) is 46.3 Å². The zero-order chi connectivity index (χ0) is 41.3. The van der Waals surface area contributed by atoms with E-state index in [9.17, 15) is 9.59 Å². The molecule has 13 atom stereocenters. The highest BCUT2D eigenvalue weighted by Crippen LogP contribution is 2.67. The topological polar surface area (TPSA) is 83.5 Å². The lowest BCUT2D eigenvalue weighted by Crippen LogP contribution is -2.70. The minimum absolute atomic E-state index is 0.0768. The fourth-order valence-corrected chi connectivity index (χ4v) is 13.1. The molecule has 59 heavy (non-hydrogen) atoms. The van der Waals surface area contributed by atoms with Crippen molar-refractivity contribution in [3.63, 3.8) is 0 Å². The fourth-order valence-electron chi connectivity index (χ4n) is 13.1. The van der Waals surface area contributed by atoms with Gasteiger partial charge in [-0.15, -0.1) is 0 Å². The van der Waals surface area contributed by atoms with Crippen LogP contribution in [-0.4, -0.2) is 66.7 Å². The van der Waals surface area contributed by atoms with Gasteiger partial charge in [0.2, 0.25) is 5.91 Å². The number of morpholine rings is 1. The second-order valence-corrected chi connectivity index (χ2v) is 20.2. The Morgan fingerprint density at radius 2 is 1.63 bits per heavy atom. The van der Waals surface area contributed by atoms with E-state index in [4.69, 9.17) is 23.7 Å². The van der Waals surface area contributed by atoms with Crippen LogP contribution in [0.4, 0.5) is 0 Å². The smallest absolute Gasteiger partial charge is 0.326 e. The third kappa shape index (κ3) is 8.85. The van der Waals surface area contributed by atoms with Gasteiger partial charge in [0.15, 0.2) is 12.4 Å². The van der Waals surface area contributed by atoms with Gasteiger partial charge in [0.05, 0.1) is 25.9 Å². The van der Waals surface area contributed by atoms with E-state index in [2.05, 4.69) is 40.7 Å². The van der Waals surface area contributed by atoms with Crippen LogP contribution in [-0.2, 0) is 46.5 Å². The molecule has 6 aliphatic rings. The normalized spacial score (nSPS) is 37.1. The molecule has 0 spiro atoms. The molecule has 2 aliphatic heterocycles. The Hall–Kier alpha value is -3.04. The number of fused-ring (bicyclic) bond motifs is 6. The van der Waals surface area contributed by atoms with E-state index < -0.39 is 36.6 Å². The molecule has 8 nitrogen and oxygen atoms in total. The number of esters is 1. The third-order valence-corrected chi connectivity index (χ3v) is 16.2. The first-order chi connectivity index (χ1) is 28.4. The molecule has 5 fully saturated rings. The minimum Gasteiger partial charge on any atom is -0.456 e. The van der Waals surface area contributed by atoms with E-state index in [0.29, 0.717) is 24.5 Å². The first-order valence-corrected chi connectivity index (χ1v) is 23.2. The second-order valence-electron chi connectivity index (χ2n) is 20.2. The van der Waals surface area contributed by atoms with Crippen LogP contribution in [0.25, 0.3) is 0 Å². The van der Waals surface area contributed by atoms with Crippen LogP contribution in [0.3, 0.4) is 0 Å². The maximum absolute atomic E-state index is 13.3. The molecule has 8 rings (SSSR count). The molecule has 8 heteroatoms. The highest BCUT2D eigenvalue weighted by Gasteiger charge is 2.60. The van der Waals surface area contributed by atoms with Gasteiger partial charge >= 0.3 is 5.97 Å². The maximum atomic E-state index is 13.3. The summed E-state index contributed by atoms with van der Waals surface area (Å²) in [5.74, 6) is 4.09. The van der Waals surface area contributed by atoms with Crippen LogP contribution < -0.4 is 0 Å². The number of ether oxygens (including phenoxy) is 5. The van der Waals surface area contributed by atoms with Crippen molar-refractivity contribution >= 4 is 11.9 Å². The van der Waals surface area contributed by atoms with E-state index in [1.165, 1.54) is 58.3 Å². The van der Waals surface area contributed by atoms with Crippen molar-refractivity contribution < 1.29 is 33.3 Å². The average Bonchev–Trinajstić information content (AvgIpc) is 3.58. The third-order valence-electron chi connectivity index (χ3n) is 16.2. The van der Waals surface area contributed by atoms with E-state index in [1.54, 1.807) is 10.5 Å². The number of nitrogens with zero attached hydrogens (tertiary/aromatic N) is 1. The lowest BCUT2D eigenvalue weighted by molar-refractivity contribution is -0.316. The van der Waals surface area contributed by atoms with Crippen LogP contribution in [0.1, 0.15) is 123 Å². The zero-order valence-electron chi connectivity index (χ0n) is 36.7. The molecule has 2 heterocycles. The average molecular weight is 810 g/mol. The maximum Gasteiger partial charge on any atom is 0.326 e. The molecule has 0 radical (unpaired) electrons. The molecule has 2 aromatic carbocycles. The summed E-state index contributed by atoms with van der Waals surface area (Å²) in [6, 6.07) is 19.4. The number of carbonyl (C=O) groups excluding carboxylic acids is 2. The van der Waals surface area contributed by atoms with E-state index in [0.717, 1.165) is 60.0 Å². The van der Waals surface area contributed by atoms with Gasteiger partial charge in [0.1, 0.15) is 24.8 Å². The van der Waals surface area contributed by atoms with E-state index >= 15 is 0 Å². The van der Waals surface area contributed by atoms with Crippen molar-refractivity contribution in [3.8, 4) is 0 Å². The number of rotatable bonds is 14. The lowest BCUT2D eigenvalue weighted by atomic mass is 9.47. The first-order valence-electron chi connectivity index (χ1n) is 23.2. The van der Waals surface area contributed by atoms with Crippen molar-refractivity contribution in [1.82, 2.24) is 4.90 Å². The number of hydrogen-bond acceptors (Lipinski definition) is 7. The molecule has 4 aliphatic carbocycles. The molecule has 0 unspecified atom stereocenters. The lowest BCUT2D eigenvalue weighted by Gasteiger charge is -2.59. The van der Waals surface area contributed by atoms with Gasteiger partial charge in [-0.05, 0) is 109 Å². The van der Waals surface area contributed by atoms with E-state index in [1.807, 2.05) is 60.7 Å². The summed E-state index contributed by atoms with van der Waals surface area (Å²) >= 11 is 0. The molecule has 2 saturated heterocycles. The van der Waals surface area contributed by atoms with Crippen LogP contribution >= 0.6 is 0 Å². The highest BCUT2D eigenvalue weighted by atomic mass is 16.7. The van der Waals surface area contributed by atoms with Gasteiger partial charge < -0.3 is 28.6 Å². The van der Waals surface area contributed by atoms with Gasteiger partial charge in [-0.1, -0.05) is 126 Å². The molecule has 0 N–H and O–H groups in total. The standard InChI is InChI=1S/C51H71NO7/c1-33(2)14-13-15-34(3)41-22-23-42-40-21-20-38-28-39(24-26-50(38,5)43(40)25-27-51(41,42)6)57-49-46-48(59-45(54)29-52(46)35(4)53)47(56-31-37-18-11-8-12-19-37)44(58-49)32-55-30-36-16-9-7-10-17-36/h7-12,16-20,33-34,39-44,46-49H,13-15,21-32H2,1-6H3/t34-,39+,40+,41-,42+,43+,44-,46-,47-,48-,49-,50+,51-/m1/s1. The molecule has 0 bridgehead atoms. The van der Waals surface area contributed by atoms with Crippen LogP contribution in [0, 0.1) is 46.3 Å². The van der Waals surface area contributed by atoms with Crippen molar-refractivity contribution in [3.05, 3.63) is 83.4 Å². The van der Waals surface area contributed by atoms with E-state index in [-0.39, 0.29) is 30.6 Å². The Morgan fingerprint density at radius 3 is 2.34 bits per heavy atom. The van der Waals surface area contributed by atoms with Gasteiger partial charge in [0.25, 0.3) is 0 Å². The number of benzene rings is 2. The Labute approximate surface area is 354 Å². The van der Waals surface area contributed by atoms with Crippen LogP contribution in [0.2, 0.25) is 0 Å². The van der Waals surface area contributed by atoms with Crippen molar-refractivity contribution in [2.75, 3.05) is 13.2 Å². The second kappa shape index (κ2) is 18.1. The predicted octanol–water partition coefficient (Wildman–Crippen LogP) is 10.1. The van der Waals surface area contributed by atoms with Gasteiger partial charge in [0, 0.05) is 6.92 Å². The number of allylic oxidation sites excluding steroid dienone is 1. The quantitative estimate of drug-likeness (QED) is 0.139. The molecule has 322 valence electrons. The fraction of sp³-hybridized carbons (Fsp3) is 0.686. The number of hydrogen-bond donors (Lipinski definition) is 0. The predicted molar refractivity (Wildman–Crippen MR) is 229 cm³/mol. The van der Waals surface area contributed by atoms with Crippen LogP contribution in [0.15, 0.2) is 72.3 Å². The summed E-state index contributed by atoms with van der Waals surface area (Å²) in [5, 5.41) is 0. The summed E-state index contributed by atoms with van der Waals surface area (Å²) in [6.07, 6.45) is 13.3.